The maximum atomic E-state index is 11.8. The van der Waals surface area contributed by atoms with E-state index in [0.29, 0.717) is 5.69 Å². The highest BCUT2D eigenvalue weighted by molar-refractivity contribution is 5.93. The number of carbonyl (C=O) groups excluding carboxylic acids is 1. The second kappa shape index (κ2) is 6.70. The van der Waals surface area contributed by atoms with Crippen LogP contribution in [0.5, 0.6) is 0 Å². The first-order chi connectivity index (χ1) is 11.2. The number of nitrogens with zero attached hydrogens (tertiary/aromatic N) is 2. The van der Waals surface area contributed by atoms with Gasteiger partial charge in [0.2, 0.25) is 0 Å². The van der Waals surface area contributed by atoms with E-state index in [4.69, 9.17) is 0 Å². The number of aromatic amines is 1. The predicted octanol–water partition coefficient (Wildman–Crippen LogP) is 3.15. The van der Waals surface area contributed by atoms with E-state index in [2.05, 4.69) is 32.9 Å². The highest BCUT2D eigenvalue weighted by atomic mass is 16.2. The number of benzene rings is 2. The smallest absolute Gasteiger partial charge is 0.282 e. The van der Waals surface area contributed by atoms with Crippen molar-refractivity contribution in [2.75, 3.05) is 0 Å². The molecule has 1 amide bonds. The number of hydrogen-bond donors (Lipinski definition) is 2. The lowest BCUT2D eigenvalue weighted by Crippen LogP contribution is -2.17. The molecular formula is C18H16N4O. The molecule has 0 saturated heterocycles. The van der Waals surface area contributed by atoms with E-state index in [0.717, 1.165) is 22.4 Å². The van der Waals surface area contributed by atoms with Gasteiger partial charge in [-0.25, -0.2) is 5.43 Å². The molecule has 5 nitrogen and oxygen atoms in total. The third-order valence-corrected chi connectivity index (χ3v) is 3.34. The quantitative estimate of drug-likeness (QED) is 0.574. The molecule has 0 aliphatic carbocycles. The fourth-order valence-electron chi connectivity index (χ4n) is 2.15. The summed E-state index contributed by atoms with van der Waals surface area (Å²) in [6.07, 6.45) is 1.60. The molecule has 0 unspecified atom stereocenters. The summed E-state index contributed by atoms with van der Waals surface area (Å²) in [6, 6.07) is 19.8. The lowest BCUT2D eigenvalue weighted by molar-refractivity contribution is 0.0950. The first kappa shape index (κ1) is 14.7. The van der Waals surface area contributed by atoms with Gasteiger partial charge in [0.05, 0.1) is 6.21 Å². The van der Waals surface area contributed by atoms with Crippen molar-refractivity contribution in [1.82, 2.24) is 15.6 Å². The summed E-state index contributed by atoms with van der Waals surface area (Å²) in [5.41, 5.74) is 6.81. The van der Waals surface area contributed by atoms with Crippen molar-refractivity contribution < 1.29 is 4.79 Å². The number of hydrazone groups is 1. The molecule has 0 atom stereocenters. The van der Waals surface area contributed by atoms with Gasteiger partial charge in [0.1, 0.15) is 0 Å². The van der Waals surface area contributed by atoms with Gasteiger partial charge in [0.25, 0.3) is 5.91 Å². The van der Waals surface area contributed by atoms with Gasteiger partial charge < -0.3 is 0 Å². The highest BCUT2D eigenvalue weighted by Gasteiger charge is 2.07. The number of amides is 1. The molecule has 0 fully saturated rings. The normalized spacial score (nSPS) is 10.8. The maximum absolute atomic E-state index is 11.8. The summed E-state index contributed by atoms with van der Waals surface area (Å²) in [4.78, 5) is 11.8. The molecule has 0 bridgehead atoms. The summed E-state index contributed by atoms with van der Waals surface area (Å²) >= 11 is 0. The van der Waals surface area contributed by atoms with Gasteiger partial charge in [-0.3, -0.25) is 9.89 Å². The molecule has 2 aromatic carbocycles. The number of aryl methyl sites for hydroxylation is 1. The largest absolute Gasteiger partial charge is 0.291 e. The summed E-state index contributed by atoms with van der Waals surface area (Å²) in [7, 11) is 0. The Bertz CT molecular complexity index is 820. The molecule has 0 aliphatic heterocycles. The standard InChI is InChI=1S/C18H16N4O/c1-13-11-17(21-20-13)18(23)22-19-12-14-7-9-16(10-8-14)15-5-3-2-4-6-15/h2-12H,1H3,(H,20,21)(H,22,23). The van der Waals surface area contributed by atoms with Gasteiger partial charge in [0.15, 0.2) is 5.69 Å². The van der Waals surface area contributed by atoms with Crippen LogP contribution >= 0.6 is 0 Å². The second-order valence-corrected chi connectivity index (χ2v) is 5.12. The molecule has 3 rings (SSSR count). The van der Waals surface area contributed by atoms with Crippen molar-refractivity contribution in [2.45, 2.75) is 6.92 Å². The number of hydrogen-bond acceptors (Lipinski definition) is 3. The summed E-state index contributed by atoms with van der Waals surface area (Å²) in [6.45, 7) is 1.83. The maximum Gasteiger partial charge on any atom is 0.291 e. The van der Waals surface area contributed by atoms with Crippen LogP contribution in [0.25, 0.3) is 11.1 Å². The Balaban J connectivity index is 1.63. The van der Waals surface area contributed by atoms with E-state index in [-0.39, 0.29) is 5.91 Å². The van der Waals surface area contributed by atoms with Crippen LogP contribution in [0.3, 0.4) is 0 Å². The average Bonchev–Trinajstić information content (AvgIpc) is 3.03. The van der Waals surface area contributed by atoms with E-state index >= 15 is 0 Å². The molecule has 23 heavy (non-hydrogen) atoms. The monoisotopic (exact) mass is 304 g/mol. The Hall–Kier alpha value is -3.21. The minimum atomic E-state index is -0.341. The van der Waals surface area contributed by atoms with Crippen LogP contribution in [0.15, 0.2) is 65.8 Å². The number of H-pyrrole nitrogens is 1. The summed E-state index contributed by atoms with van der Waals surface area (Å²) in [5, 5.41) is 10.5. The van der Waals surface area contributed by atoms with Crippen molar-refractivity contribution in [3.63, 3.8) is 0 Å². The predicted molar refractivity (Wildman–Crippen MR) is 90.3 cm³/mol. The SMILES string of the molecule is Cc1cc(C(=O)NN=Cc2ccc(-c3ccccc3)cc2)n[nH]1. The molecule has 3 aromatic rings. The molecule has 0 saturated carbocycles. The van der Waals surface area contributed by atoms with E-state index in [1.54, 1.807) is 12.3 Å². The van der Waals surface area contributed by atoms with Crippen molar-refractivity contribution in [2.24, 2.45) is 5.10 Å². The minimum Gasteiger partial charge on any atom is -0.282 e. The number of carbonyl (C=O) groups is 1. The molecule has 114 valence electrons. The topological polar surface area (TPSA) is 70.1 Å². The zero-order valence-electron chi connectivity index (χ0n) is 12.7. The van der Waals surface area contributed by atoms with E-state index < -0.39 is 0 Å². The Morgan fingerprint density at radius 3 is 2.43 bits per heavy atom. The number of rotatable bonds is 4. The van der Waals surface area contributed by atoms with E-state index in [1.165, 1.54) is 0 Å². The Morgan fingerprint density at radius 1 is 1.09 bits per heavy atom. The molecule has 1 aromatic heterocycles. The van der Waals surface area contributed by atoms with Gasteiger partial charge in [-0.15, -0.1) is 0 Å². The molecule has 0 radical (unpaired) electrons. The zero-order valence-corrected chi connectivity index (χ0v) is 12.7. The fraction of sp³-hybridized carbons (Fsp3) is 0.0556. The molecule has 1 heterocycles. The van der Waals surface area contributed by atoms with Crippen LogP contribution in [0.4, 0.5) is 0 Å². The molecule has 2 N–H and O–H groups in total. The van der Waals surface area contributed by atoms with Crippen molar-refractivity contribution in [3.8, 4) is 11.1 Å². The molecule has 0 aliphatic rings. The number of aromatic nitrogens is 2. The Kier molecular flexibility index (Phi) is 4.29. The number of nitrogens with one attached hydrogen (secondary N) is 2. The van der Waals surface area contributed by atoms with Gasteiger partial charge in [0, 0.05) is 5.69 Å². The van der Waals surface area contributed by atoms with Crippen LogP contribution in [-0.2, 0) is 0 Å². The summed E-state index contributed by atoms with van der Waals surface area (Å²) in [5.74, 6) is -0.341. The van der Waals surface area contributed by atoms with Crippen LogP contribution in [0.1, 0.15) is 21.7 Å². The van der Waals surface area contributed by atoms with Crippen molar-refractivity contribution in [3.05, 3.63) is 77.6 Å². The fourth-order valence-corrected chi connectivity index (χ4v) is 2.15. The average molecular weight is 304 g/mol. The zero-order chi connectivity index (χ0) is 16.1. The van der Waals surface area contributed by atoms with Gasteiger partial charge in [-0.1, -0.05) is 54.6 Å². The third kappa shape index (κ3) is 3.71. The Morgan fingerprint density at radius 2 is 1.78 bits per heavy atom. The lowest BCUT2D eigenvalue weighted by atomic mass is 10.0. The van der Waals surface area contributed by atoms with Crippen molar-refractivity contribution in [1.29, 1.82) is 0 Å². The third-order valence-electron chi connectivity index (χ3n) is 3.34. The lowest BCUT2D eigenvalue weighted by Gasteiger charge is -2.01. The van der Waals surface area contributed by atoms with E-state index in [1.807, 2.05) is 49.4 Å². The molecule has 0 spiro atoms. The molecule has 5 heteroatoms. The second-order valence-electron chi connectivity index (χ2n) is 5.12. The van der Waals surface area contributed by atoms with Crippen LogP contribution in [-0.4, -0.2) is 22.3 Å². The van der Waals surface area contributed by atoms with Crippen LogP contribution in [0, 0.1) is 6.92 Å². The van der Waals surface area contributed by atoms with E-state index in [9.17, 15) is 4.79 Å². The van der Waals surface area contributed by atoms with Crippen LogP contribution in [0.2, 0.25) is 0 Å². The minimum absolute atomic E-state index is 0.319. The first-order valence-corrected chi connectivity index (χ1v) is 7.23. The van der Waals surface area contributed by atoms with Crippen molar-refractivity contribution >= 4 is 12.1 Å². The van der Waals surface area contributed by atoms with Gasteiger partial charge >= 0.3 is 0 Å². The van der Waals surface area contributed by atoms with Crippen LogP contribution < -0.4 is 5.43 Å². The van der Waals surface area contributed by atoms with Gasteiger partial charge in [-0.2, -0.15) is 10.2 Å². The Labute approximate surface area is 134 Å². The summed E-state index contributed by atoms with van der Waals surface area (Å²) < 4.78 is 0. The molecular weight excluding hydrogens is 288 g/mol. The highest BCUT2D eigenvalue weighted by Crippen LogP contribution is 2.18. The van der Waals surface area contributed by atoms with Gasteiger partial charge in [-0.05, 0) is 29.7 Å². The first-order valence-electron chi connectivity index (χ1n) is 7.23.